The molecule has 0 aliphatic carbocycles. The van der Waals surface area contributed by atoms with E-state index in [1.54, 1.807) is 0 Å². The van der Waals surface area contributed by atoms with Crippen molar-refractivity contribution in [1.29, 1.82) is 0 Å². The number of nitrogens with one attached hydrogen (secondary N) is 1. The van der Waals surface area contributed by atoms with Crippen molar-refractivity contribution in [1.82, 2.24) is 5.32 Å². The molecule has 0 bridgehead atoms. The Hall–Kier alpha value is -0.810. The molecule has 1 rings (SSSR count). The van der Waals surface area contributed by atoms with Crippen LogP contribution in [0.4, 0.5) is 0 Å². The number of hydrogen-bond acceptors (Lipinski definition) is 8. The molecule has 1 amide bonds. The van der Waals surface area contributed by atoms with Crippen molar-refractivity contribution < 1.29 is 39.8 Å². The maximum atomic E-state index is 13.0. The van der Waals surface area contributed by atoms with E-state index >= 15 is 0 Å². The Balaban J connectivity index is 2.24. The first kappa shape index (κ1) is 54.2. The topological polar surface area (TPSA) is 149 Å². The largest absolute Gasteiger partial charge is 0.394 e. The number of carbonyl (C=O) groups is 1. The highest BCUT2D eigenvalue weighted by molar-refractivity contribution is 5.76. The number of unbranched alkanes of at least 4 members (excludes halogenated alkanes) is 32. The second kappa shape index (κ2) is 39.3. The lowest BCUT2D eigenvalue weighted by Gasteiger charge is -2.40. The van der Waals surface area contributed by atoms with E-state index in [1.807, 2.05) is 0 Å². The summed E-state index contributed by atoms with van der Waals surface area (Å²) in [5.74, 6) is -0.139. The average Bonchev–Trinajstić information content (AvgIpc) is 3.21. The molecule has 9 heteroatoms. The normalized spacial score (nSPS) is 20.9. The minimum Gasteiger partial charge on any atom is -0.394 e. The van der Waals surface area contributed by atoms with Crippen molar-refractivity contribution in [2.75, 3.05) is 13.2 Å². The van der Waals surface area contributed by atoms with Crippen LogP contribution in [0.2, 0.25) is 0 Å². The van der Waals surface area contributed by atoms with Gasteiger partial charge in [-0.1, -0.05) is 226 Å². The van der Waals surface area contributed by atoms with Gasteiger partial charge in [-0.25, -0.2) is 0 Å². The van der Waals surface area contributed by atoms with Crippen LogP contribution in [0.3, 0.4) is 0 Å². The van der Waals surface area contributed by atoms with Crippen molar-refractivity contribution >= 4 is 5.91 Å². The van der Waals surface area contributed by atoms with Crippen LogP contribution in [-0.2, 0) is 14.3 Å². The molecule has 1 aliphatic rings. The molecule has 1 saturated heterocycles. The van der Waals surface area contributed by atoms with E-state index in [0.29, 0.717) is 12.8 Å². The quantitative estimate of drug-likeness (QED) is 0.0334. The molecule has 0 aromatic rings. The molecule has 0 radical (unpaired) electrons. The van der Waals surface area contributed by atoms with Crippen LogP contribution in [-0.4, -0.2) is 87.5 Å². The molecule has 1 fully saturated rings. The van der Waals surface area contributed by atoms with Crippen LogP contribution in [0.5, 0.6) is 0 Å². The zero-order valence-electron chi connectivity index (χ0n) is 37.4. The molecule has 1 heterocycles. The summed E-state index contributed by atoms with van der Waals surface area (Å²) >= 11 is 0. The van der Waals surface area contributed by atoms with Crippen LogP contribution in [0.1, 0.15) is 245 Å². The van der Waals surface area contributed by atoms with Gasteiger partial charge in [0.1, 0.15) is 24.4 Å². The molecule has 7 atom stereocenters. The highest BCUT2D eigenvalue weighted by Gasteiger charge is 2.44. The van der Waals surface area contributed by atoms with Gasteiger partial charge in [-0.2, -0.15) is 0 Å². The second-order valence-electron chi connectivity index (χ2n) is 17.6. The highest BCUT2D eigenvalue weighted by Crippen LogP contribution is 2.23. The standard InChI is InChI=1S/C48H95NO8/c1-3-5-7-9-11-13-15-17-18-19-20-21-22-23-24-26-28-30-32-34-36-38-44(52)49-41(40-56-48-47(55)46(54)45(53)43(39-50)57-48)42(51)37-35-33-31-29-27-25-16-14-12-10-8-6-4-2/h41-43,45-48,50-51,53-55H,3-40H2,1-2H3,(H,49,52)/t41?,42?,43-,45-,46+,47-,48?/m1/s1. The summed E-state index contributed by atoms with van der Waals surface area (Å²) in [7, 11) is 0. The molecule has 0 saturated carbocycles. The minimum absolute atomic E-state index is 0.132. The predicted octanol–water partition coefficient (Wildman–Crippen LogP) is 10.7. The van der Waals surface area contributed by atoms with E-state index in [0.717, 1.165) is 38.5 Å². The predicted molar refractivity (Wildman–Crippen MR) is 235 cm³/mol. The minimum atomic E-state index is -1.55. The van der Waals surface area contributed by atoms with Gasteiger partial charge >= 0.3 is 0 Å². The maximum absolute atomic E-state index is 13.0. The summed E-state index contributed by atoms with van der Waals surface area (Å²) in [6, 6.07) is -0.711. The van der Waals surface area contributed by atoms with Gasteiger partial charge in [0.2, 0.25) is 5.91 Å². The number of carbonyl (C=O) groups excluding carboxylic acids is 1. The lowest BCUT2D eigenvalue weighted by molar-refractivity contribution is -0.302. The highest BCUT2D eigenvalue weighted by atomic mass is 16.7. The van der Waals surface area contributed by atoms with E-state index in [1.165, 1.54) is 180 Å². The molecular weight excluding hydrogens is 719 g/mol. The molecule has 0 aromatic heterocycles. The Morgan fingerprint density at radius 2 is 0.877 bits per heavy atom. The van der Waals surface area contributed by atoms with Crippen molar-refractivity contribution in [2.45, 2.75) is 288 Å². The van der Waals surface area contributed by atoms with Crippen LogP contribution < -0.4 is 5.32 Å². The molecule has 1 aliphatic heterocycles. The second-order valence-corrected chi connectivity index (χ2v) is 17.6. The third kappa shape index (κ3) is 30.0. The van der Waals surface area contributed by atoms with Crippen LogP contribution >= 0.6 is 0 Å². The van der Waals surface area contributed by atoms with Gasteiger partial charge in [-0.15, -0.1) is 0 Å². The van der Waals surface area contributed by atoms with Crippen LogP contribution in [0, 0.1) is 0 Å². The Morgan fingerprint density at radius 3 is 1.25 bits per heavy atom. The molecule has 3 unspecified atom stereocenters. The van der Waals surface area contributed by atoms with Crippen molar-refractivity contribution in [3.05, 3.63) is 0 Å². The molecule has 0 spiro atoms. The summed E-state index contributed by atoms with van der Waals surface area (Å²) in [5.41, 5.74) is 0. The number of ether oxygens (including phenoxy) is 2. The van der Waals surface area contributed by atoms with E-state index in [-0.39, 0.29) is 12.5 Å². The third-order valence-corrected chi connectivity index (χ3v) is 12.2. The Bertz CT molecular complexity index is 862. The number of amides is 1. The van der Waals surface area contributed by atoms with Crippen molar-refractivity contribution in [3.8, 4) is 0 Å². The van der Waals surface area contributed by atoms with Crippen molar-refractivity contribution in [3.63, 3.8) is 0 Å². The zero-order chi connectivity index (χ0) is 41.6. The van der Waals surface area contributed by atoms with E-state index in [9.17, 15) is 30.3 Å². The van der Waals surface area contributed by atoms with E-state index in [4.69, 9.17) is 9.47 Å². The van der Waals surface area contributed by atoms with Gasteiger partial charge in [0.15, 0.2) is 6.29 Å². The van der Waals surface area contributed by atoms with Gasteiger partial charge in [0.05, 0.1) is 25.4 Å². The average molecular weight is 814 g/mol. The molecular formula is C48H95NO8. The molecule has 6 N–H and O–H groups in total. The molecule has 0 aromatic carbocycles. The summed E-state index contributed by atoms with van der Waals surface area (Å²) in [6.07, 6.45) is 36.8. The monoisotopic (exact) mass is 814 g/mol. The molecule has 9 nitrogen and oxygen atoms in total. The summed E-state index contributed by atoms with van der Waals surface area (Å²) in [4.78, 5) is 13.0. The number of rotatable bonds is 42. The number of hydrogen-bond donors (Lipinski definition) is 6. The zero-order valence-corrected chi connectivity index (χ0v) is 37.4. The fourth-order valence-corrected chi connectivity index (χ4v) is 8.22. The Kier molecular flexibility index (Phi) is 37.4. The summed E-state index contributed by atoms with van der Waals surface area (Å²) < 4.78 is 11.3. The summed E-state index contributed by atoms with van der Waals surface area (Å²) in [5, 5.41) is 54.4. The molecule has 340 valence electrons. The summed E-state index contributed by atoms with van der Waals surface area (Å²) in [6.45, 7) is 3.85. The molecule has 57 heavy (non-hydrogen) atoms. The fourth-order valence-electron chi connectivity index (χ4n) is 8.22. The Morgan fingerprint density at radius 1 is 0.526 bits per heavy atom. The van der Waals surface area contributed by atoms with Gasteiger partial charge in [0, 0.05) is 6.42 Å². The van der Waals surface area contributed by atoms with Crippen molar-refractivity contribution in [2.24, 2.45) is 0 Å². The fraction of sp³-hybridized carbons (Fsp3) is 0.979. The van der Waals surface area contributed by atoms with E-state index in [2.05, 4.69) is 19.2 Å². The lowest BCUT2D eigenvalue weighted by Crippen LogP contribution is -2.60. The lowest BCUT2D eigenvalue weighted by atomic mass is 9.99. The number of aliphatic hydroxyl groups is 5. The van der Waals surface area contributed by atoms with Gasteiger partial charge in [-0.3, -0.25) is 4.79 Å². The van der Waals surface area contributed by atoms with Crippen LogP contribution in [0.25, 0.3) is 0 Å². The third-order valence-electron chi connectivity index (χ3n) is 12.2. The van der Waals surface area contributed by atoms with Crippen LogP contribution in [0.15, 0.2) is 0 Å². The smallest absolute Gasteiger partial charge is 0.220 e. The first-order valence-corrected chi connectivity index (χ1v) is 24.7. The van der Waals surface area contributed by atoms with E-state index < -0.39 is 49.5 Å². The number of aliphatic hydroxyl groups excluding tert-OH is 5. The van der Waals surface area contributed by atoms with Gasteiger partial charge in [0.25, 0.3) is 0 Å². The van der Waals surface area contributed by atoms with Gasteiger partial charge < -0.3 is 40.3 Å². The first-order chi connectivity index (χ1) is 27.8. The Labute approximate surface area is 351 Å². The van der Waals surface area contributed by atoms with Gasteiger partial charge in [-0.05, 0) is 12.8 Å². The first-order valence-electron chi connectivity index (χ1n) is 24.7. The maximum Gasteiger partial charge on any atom is 0.220 e. The SMILES string of the molecule is CCCCCCCCCCCCCCCCCCCCCCCC(=O)NC(COC1O[C@H](CO)[C@@H](O)[C@H](O)[C@H]1O)C(O)CCCCCCCCCCCCCCC.